The second kappa shape index (κ2) is 2.86. The average Bonchev–Trinajstić information content (AvgIpc) is 2.01. The molecule has 2 heterocycles. The van der Waals surface area contributed by atoms with E-state index in [2.05, 4.69) is 18.5 Å². The van der Waals surface area contributed by atoms with E-state index >= 15 is 0 Å². The van der Waals surface area contributed by atoms with Crippen molar-refractivity contribution >= 4 is 0 Å². The summed E-state index contributed by atoms with van der Waals surface area (Å²) >= 11 is 0. The van der Waals surface area contributed by atoms with E-state index in [9.17, 15) is 0 Å². The number of nitrogens with zero attached hydrogens (tertiary/aromatic N) is 1. The highest BCUT2D eigenvalue weighted by Crippen LogP contribution is 2.34. The maximum Gasteiger partial charge on any atom is 0.0319 e. The highest BCUT2D eigenvalue weighted by molar-refractivity contribution is 5.14. The number of hydrogen-bond acceptors (Lipinski definition) is 2. The molecule has 2 nitrogen and oxygen atoms in total. The monoisotopic (exact) mass is 166 g/mol. The molecule has 68 valence electrons. The Kier molecular flexibility index (Phi) is 1.97. The third kappa shape index (κ3) is 1.19. The number of nitrogens with two attached hydrogens (primary N) is 1. The van der Waals surface area contributed by atoms with Crippen LogP contribution in [-0.2, 0) is 0 Å². The molecule has 0 spiro atoms. The minimum atomic E-state index is 0.410. The van der Waals surface area contributed by atoms with Crippen LogP contribution in [0.3, 0.4) is 0 Å². The molecule has 0 radical (unpaired) electrons. The molecule has 0 aromatic carbocycles. The van der Waals surface area contributed by atoms with Gasteiger partial charge in [-0.25, -0.2) is 0 Å². The summed E-state index contributed by atoms with van der Waals surface area (Å²) in [7, 11) is 2.21. The van der Waals surface area contributed by atoms with E-state index in [-0.39, 0.29) is 0 Å². The molecule has 12 heavy (non-hydrogen) atoms. The molecule has 1 unspecified atom stereocenters. The zero-order chi connectivity index (χ0) is 8.72. The largest absolute Gasteiger partial charge is 0.328 e. The van der Waals surface area contributed by atoms with E-state index in [0.717, 1.165) is 12.5 Å². The Morgan fingerprint density at radius 3 is 3.00 bits per heavy atom. The maximum atomic E-state index is 5.98. The van der Waals surface area contributed by atoms with Crippen molar-refractivity contribution in [2.24, 2.45) is 5.73 Å². The molecular weight excluding hydrogens is 148 g/mol. The van der Waals surface area contributed by atoms with Crippen molar-refractivity contribution in [3.63, 3.8) is 0 Å². The molecule has 2 bridgehead atoms. The van der Waals surface area contributed by atoms with Gasteiger partial charge < -0.3 is 5.73 Å². The molecular formula is C10H18N2. The summed E-state index contributed by atoms with van der Waals surface area (Å²) in [5.41, 5.74) is 7.37. The second-order valence-corrected chi connectivity index (χ2v) is 4.26. The van der Waals surface area contributed by atoms with Crippen LogP contribution < -0.4 is 5.73 Å². The fraction of sp³-hybridized carbons (Fsp3) is 0.800. The maximum absolute atomic E-state index is 5.98. The molecule has 0 aliphatic carbocycles. The van der Waals surface area contributed by atoms with Crippen LogP contribution in [0.15, 0.2) is 12.2 Å². The summed E-state index contributed by atoms with van der Waals surface area (Å²) < 4.78 is 0. The predicted octanol–water partition coefficient (Wildman–Crippen LogP) is 1.13. The van der Waals surface area contributed by atoms with Gasteiger partial charge in [-0.15, -0.1) is 0 Å². The standard InChI is InChI=1S/C10H18N2/c1-7-3-4-9-5-8(11)6-10(7)12(9)2/h8-10H,1,3-6,11H2,2H3/t8?,9-,10-/m0/s1. The topological polar surface area (TPSA) is 29.3 Å². The lowest BCUT2D eigenvalue weighted by molar-refractivity contribution is 0.0915. The van der Waals surface area contributed by atoms with Crippen molar-refractivity contribution in [1.82, 2.24) is 4.90 Å². The molecule has 2 aliphatic rings. The minimum Gasteiger partial charge on any atom is -0.328 e. The van der Waals surface area contributed by atoms with Crippen molar-refractivity contribution in [3.8, 4) is 0 Å². The summed E-state index contributed by atoms with van der Waals surface area (Å²) in [6, 6.07) is 1.71. The lowest BCUT2D eigenvalue weighted by Crippen LogP contribution is -2.54. The zero-order valence-corrected chi connectivity index (χ0v) is 7.79. The molecule has 0 saturated carbocycles. The van der Waals surface area contributed by atoms with Gasteiger partial charge in [0.25, 0.3) is 0 Å². The summed E-state index contributed by atoms with van der Waals surface area (Å²) in [6.07, 6.45) is 4.78. The van der Waals surface area contributed by atoms with Gasteiger partial charge in [-0.3, -0.25) is 4.90 Å². The van der Waals surface area contributed by atoms with Crippen LogP contribution in [0.1, 0.15) is 25.7 Å². The fourth-order valence-electron chi connectivity index (χ4n) is 2.61. The lowest BCUT2D eigenvalue weighted by Gasteiger charge is -2.47. The first-order valence-electron chi connectivity index (χ1n) is 4.83. The van der Waals surface area contributed by atoms with E-state index < -0.39 is 0 Å². The molecule has 3 atom stereocenters. The van der Waals surface area contributed by atoms with Crippen molar-refractivity contribution in [1.29, 1.82) is 0 Å². The first kappa shape index (κ1) is 8.27. The Labute approximate surface area is 74.4 Å². The molecule has 0 amide bonds. The Morgan fingerprint density at radius 2 is 2.25 bits per heavy atom. The number of fused-ring (bicyclic) bond motifs is 2. The van der Waals surface area contributed by atoms with Gasteiger partial charge in [0.2, 0.25) is 0 Å². The number of likely N-dealkylation sites (N-methyl/N-ethyl adjacent to an activating group) is 1. The van der Waals surface area contributed by atoms with Crippen molar-refractivity contribution in [2.75, 3.05) is 7.05 Å². The Bertz CT molecular complexity index is 200. The number of hydrogen-bond donors (Lipinski definition) is 1. The van der Waals surface area contributed by atoms with Crippen LogP contribution >= 0.6 is 0 Å². The van der Waals surface area contributed by atoms with Gasteiger partial charge in [-0.05, 0) is 32.7 Å². The van der Waals surface area contributed by atoms with E-state index in [1.54, 1.807) is 0 Å². The van der Waals surface area contributed by atoms with Crippen molar-refractivity contribution in [2.45, 2.75) is 43.8 Å². The SMILES string of the molecule is C=C1CC[C@H]2CC(N)C[C@@H]1N2C. The summed E-state index contributed by atoms with van der Waals surface area (Å²) in [5.74, 6) is 0. The Balaban J connectivity index is 2.16. The Morgan fingerprint density at radius 1 is 1.50 bits per heavy atom. The third-order valence-electron chi connectivity index (χ3n) is 3.44. The van der Waals surface area contributed by atoms with E-state index in [1.165, 1.54) is 24.8 Å². The predicted molar refractivity (Wildman–Crippen MR) is 50.9 cm³/mol. The van der Waals surface area contributed by atoms with Gasteiger partial charge in [-0.2, -0.15) is 0 Å². The molecule has 2 saturated heterocycles. The van der Waals surface area contributed by atoms with Crippen molar-refractivity contribution in [3.05, 3.63) is 12.2 Å². The van der Waals surface area contributed by atoms with Crippen molar-refractivity contribution < 1.29 is 0 Å². The second-order valence-electron chi connectivity index (χ2n) is 4.26. The first-order chi connectivity index (χ1) is 5.68. The summed E-state index contributed by atoms with van der Waals surface area (Å²) in [4.78, 5) is 2.47. The van der Waals surface area contributed by atoms with E-state index in [1.807, 2.05) is 0 Å². The lowest BCUT2D eigenvalue weighted by atomic mass is 9.80. The molecule has 0 aromatic heterocycles. The van der Waals surface area contributed by atoms with E-state index in [0.29, 0.717) is 12.1 Å². The zero-order valence-electron chi connectivity index (χ0n) is 7.79. The van der Waals surface area contributed by atoms with Gasteiger partial charge in [0.1, 0.15) is 0 Å². The quantitative estimate of drug-likeness (QED) is 0.546. The fourth-order valence-corrected chi connectivity index (χ4v) is 2.61. The Hall–Kier alpha value is -0.340. The summed E-state index contributed by atoms with van der Waals surface area (Å²) in [6.45, 7) is 4.12. The smallest absolute Gasteiger partial charge is 0.0319 e. The molecule has 2 fully saturated rings. The van der Waals surface area contributed by atoms with E-state index in [4.69, 9.17) is 5.73 Å². The van der Waals surface area contributed by atoms with Crippen LogP contribution in [0, 0.1) is 0 Å². The van der Waals surface area contributed by atoms with Gasteiger partial charge in [0.05, 0.1) is 0 Å². The first-order valence-corrected chi connectivity index (χ1v) is 4.83. The van der Waals surface area contributed by atoms with Gasteiger partial charge in [0, 0.05) is 18.1 Å². The molecule has 2 N–H and O–H groups in total. The van der Waals surface area contributed by atoms with Crippen LogP contribution in [0.25, 0.3) is 0 Å². The van der Waals surface area contributed by atoms with Gasteiger partial charge in [0.15, 0.2) is 0 Å². The van der Waals surface area contributed by atoms with Gasteiger partial charge in [-0.1, -0.05) is 12.2 Å². The average molecular weight is 166 g/mol. The highest BCUT2D eigenvalue weighted by atomic mass is 15.2. The molecule has 2 heteroatoms. The number of rotatable bonds is 0. The third-order valence-corrected chi connectivity index (χ3v) is 3.44. The normalized spacial score (nSPS) is 43.2. The van der Waals surface area contributed by atoms with Crippen LogP contribution in [0.4, 0.5) is 0 Å². The molecule has 2 rings (SSSR count). The highest BCUT2D eigenvalue weighted by Gasteiger charge is 2.36. The van der Waals surface area contributed by atoms with Crippen LogP contribution in [0.5, 0.6) is 0 Å². The minimum absolute atomic E-state index is 0.410. The van der Waals surface area contributed by atoms with Crippen LogP contribution in [-0.4, -0.2) is 30.1 Å². The molecule has 0 aromatic rings. The van der Waals surface area contributed by atoms with Crippen LogP contribution in [0.2, 0.25) is 0 Å². The molecule has 2 aliphatic heterocycles. The number of piperidine rings is 2. The van der Waals surface area contributed by atoms with Gasteiger partial charge >= 0.3 is 0 Å². The summed E-state index contributed by atoms with van der Waals surface area (Å²) in [5, 5.41) is 0.